The maximum Gasteiger partial charge on any atom is 0.255 e. The van der Waals surface area contributed by atoms with E-state index in [-0.39, 0.29) is 11.8 Å². The number of pyridine rings is 1. The normalized spacial score (nSPS) is 12.8. The van der Waals surface area contributed by atoms with E-state index in [2.05, 4.69) is 15.6 Å². The number of hydrogen-bond donors (Lipinski definition) is 2. The maximum atomic E-state index is 12.9. The maximum absolute atomic E-state index is 12.9. The number of nitrogens with zero attached hydrogens (tertiary/aromatic N) is 1. The minimum Gasteiger partial charge on any atom is -0.376 e. The zero-order chi connectivity index (χ0) is 23.7. The molecule has 0 atom stereocenters. The summed E-state index contributed by atoms with van der Waals surface area (Å²) in [6, 6.07) is 20.5. The second kappa shape index (κ2) is 9.08. The summed E-state index contributed by atoms with van der Waals surface area (Å²) < 4.78 is 5.50. The molecule has 3 aromatic carbocycles. The molecule has 170 valence electrons. The number of amides is 2. The van der Waals surface area contributed by atoms with Crippen LogP contribution >= 0.6 is 0 Å². The second-order valence-electron chi connectivity index (χ2n) is 8.58. The third-order valence-corrected chi connectivity index (χ3v) is 6.08. The van der Waals surface area contributed by atoms with Gasteiger partial charge >= 0.3 is 0 Å². The van der Waals surface area contributed by atoms with Gasteiger partial charge in [0, 0.05) is 33.6 Å². The molecule has 1 aromatic heterocycles. The summed E-state index contributed by atoms with van der Waals surface area (Å²) in [5, 5.41) is 6.81. The van der Waals surface area contributed by atoms with Gasteiger partial charge in [0.2, 0.25) is 0 Å². The molecule has 34 heavy (non-hydrogen) atoms. The molecule has 6 nitrogen and oxygen atoms in total. The molecule has 1 aliphatic rings. The largest absolute Gasteiger partial charge is 0.376 e. The number of aromatic nitrogens is 1. The van der Waals surface area contributed by atoms with Crippen LogP contribution in [0.1, 0.15) is 43.1 Å². The minimum atomic E-state index is -0.219. The zero-order valence-corrected chi connectivity index (χ0v) is 19.1. The lowest BCUT2D eigenvalue weighted by Crippen LogP contribution is -2.16. The standard InChI is InChI=1S/C28H25N3O3/c1-17-3-9-24(30-27(32)21-7-6-19-11-12-34-16-23(19)14-21)15-26(17)31-28(33)22-8-10-25-20(13-22)5-4-18(2)29-25/h3-10,13-15H,11-12,16H2,1-2H3,(H,30,32)(H,31,33). The lowest BCUT2D eigenvalue weighted by Gasteiger charge is -2.17. The predicted octanol–water partition coefficient (Wildman–Crippen LogP) is 5.43. The topological polar surface area (TPSA) is 80.3 Å². The number of ether oxygens (including phenoxy) is 1. The number of anilines is 2. The van der Waals surface area contributed by atoms with Crippen LogP contribution in [0.15, 0.2) is 66.7 Å². The number of carbonyl (C=O) groups excluding carboxylic acids is 2. The van der Waals surface area contributed by atoms with E-state index in [0.29, 0.717) is 35.7 Å². The molecule has 2 heterocycles. The molecule has 4 aromatic rings. The van der Waals surface area contributed by atoms with Crippen LogP contribution < -0.4 is 10.6 Å². The number of fused-ring (bicyclic) bond motifs is 2. The van der Waals surface area contributed by atoms with E-state index in [4.69, 9.17) is 4.74 Å². The molecule has 0 radical (unpaired) electrons. The molecule has 0 aliphatic carbocycles. The van der Waals surface area contributed by atoms with Gasteiger partial charge in [0.25, 0.3) is 11.8 Å². The van der Waals surface area contributed by atoms with Crippen LogP contribution in [0, 0.1) is 13.8 Å². The molecule has 0 saturated carbocycles. The van der Waals surface area contributed by atoms with Gasteiger partial charge in [0.1, 0.15) is 0 Å². The first kappa shape index (κ1) is 21.8. The van der Waals surface area contributed by atoms with Crippen LogP contribution in [0.25, 0.3) is 10.9 Å². The van der Waals surface area contributed by atoms with Crippen LogP contribution in [0.2, 0.25) is 0 Å². The van der Waals surface area contributed by atoms with Gasteiger partial charge in [-0.25, -0.2) is 0 Å². The van der Waals surface area contributed by atoms with Crippen LogP contribution in [0.5, 0.6) is 0 Å². The van der Waals surface area contributed by atoms with Crippen molar-refractivity contribution in [1.29, 1.82) is 0 Å². The van der Waals surface area contributed by atoms with Gasteiger partial charge in [-0.2, -0.15) is 0 Å². The highest BCUT2D eigenvalue weighted by atomic mass is 16.5. The number of rotatable bonds is 4. The van der Waals surface area contributed by atoms with E-state index < -0.39 is 0 Å². The van der Waals surface area contributed by atoms with Crippen molar-refractivity contribution < 1.29 is 14.3 Å². The van der Waals surface area contributed by atoms with Crippen molar-refractivity contribution in [1.82, 2.24) is 4.98 Å². The first-order chi connectivity index (χ1) is 16.5. The van der Waals surface area contributed by atoms with Gasteiger partial charge in [-0.3, -0.25) is 14.6 Å². The Balaban J connectivity index is 1.33. The molecular formula is C28H25N3O3. The SMILES string of the molecule is Cc1ccc2cc(C(=O)Nc3cc(NC(=O)c4ccc5c(c4)COCC5)ccc3C)ccc2n1. The summed E-state index contributed by atoms with van der Waals surface area (Å²) in [6.45, 7) is 5.10. The molecule has 5 rings (SSSR count). The Kier molecular flexibility index (Phi) is 5.82. The smallest absolute Gasteiger partial charge is 0.255 e. The molecule has 1 aliphatic heterocycles. The van der Waals surface area contributed by atoms with Gasteiger partial charge in [-0.1, -0.05) is 18.2 Å². The summed E-state index contributed by atoms with van der Waals surface area (Å²) in [5.74, 6) is -0.421. The van der Waals surface area contributed by atoms with Gasteiger partial charge in [0.05, 0.1) is 18.7 Å². The Morgan fingerprint density at radius 1 is 0.824 bits per heavy atom. The summed E-state index contributed by atoms with van der Waals surface area (Å²) in [7, 11) is 0. The highest BCUT2D eigenvalue weighted by Crippen LogP contribution is 2.24. The van der Waals surface area contributed by atoms with Gasteiger partial charge < -0.3 is 15.4 Å². The molecule has 0 saturated heterocycles. The van der Waals surface area contributed by atoms with E-state index in [0.717, 1.165) is 34.1 Å². The fourth-order valence-corrected chi connectivity index (χ4v) is 4.11. The van der Waals surface area contributed by atoms with Crippen LogP contribution in [-0.2, 0) is 17.8 Å². The van der Waals surface area contributed by atoms with Crippen molar-refractivity contribution in [2.45, 2.75) is 26.9 Å². The first-order valence-corrected chi connectivity index (χ1v) is 11.3. The Hall–Kier alpha value is -4.03. The van der Waals surface area contributed by atoms with Crippen molar-refractivity contribution >= 4 is 34.1 Å². The van der Waals surface area contributed by atoms with Crippen LogP contribution in [-0.4, -0.2) is 23.4 Å². The fraction of sp³-hybridized carbons (Fsp3) is 0.179. The Bertz CT molecular complexity index is 1430. The average molecular weight is 452 g/mol. The summed E-state index contributed by atoms with van der Waals surface area (Å²) in [4.78, 5) is 30.3. The molecule has 2 amide bonds. The van der Waals surface area contributed by atoms with E-state index in [9.17, 15) is 9.59 Å². The van der Waals surface area contributed by atoms with Gasteiger partial charge in [0.15, 0.2) is 0 Å². The van der Waals surface area contributed by atoms with Gasteiger partial charge in [-0.15, -0.1) is 0 Å². The molecular weight excluding hydrogens is 426 g/mol. The van der Waals surface area contributed by atoms with Gasteiger partial charge in [-0.05, 0) is 85.5 Å². The average Bonchev–Trinajstić information content (AvgIpc) is 2.85. The molecule has 0 spiro atoms. The van der Waals surface area contributed by atoms with E-state index in [1.165, 1.54) is 5.56 Å². The molecule has 2 N–H and O–H groups in total. The zero-order valence-electron chi connectivity index (χ0n) is 19.1. The van der Waals surface area contributed by atoms with E-state index in [1.54, 1.807) is 12.1 Å². The third-order valence-electron chi connectivity index (χ3n) is 6.08. The van der Waals surface area contributed by atoms with Crippen LogP contribution in [0.3, 0.4) is 0 Å². The van der Waals surface area contributed by atoms with Crippen molar-refractivity contribution in [3.8, 4) is 0 Å². The summed E-state index contributed by atoms with van der Waals surface area (Å²) in [5.41, 5.74) is 7.34. The Morgan fingerprint density at radius 3 is 2.50 bits per heavy atom. The molecule has 6 heteroatoms. The minimum absolute atomic E-state index is 0.202. The fourth-order valence-electron chi connectivity index (χ4n) is 4.11. The predicted molar refractivity (Wildman–Crippen MR) is 133 cm³/mol. The van der Waals surface area contributed by atoms with Crippen molar-refractivity contribution in [3.05, 3.63) is 100 Å². The number of hydrogen-bond acceptors (Lipinski definition) is 4. The Morgan fingerprint density at radius 2 is 1.62 bits per heavy atom. The summed E-state index contributed by atoms with van der Waals surface area (Å²) >= 11 is 0. The number of nitrogens with one attached hydrogen (secondary N) is 2. The van der Waals surface area contributed by atoms with E-state index in [1.807, 2.05) is 68.4 Å². The first-order valence-electron chi connectivity index (χ1n) is 11.3. The lowest BCUT2D eigenvalue weighted by atomic mass is 10.00. The molecule has 0 fully saturated rings. The van der Waals surface area contributed by atoms with Crippen molar-refractivity contribution in [3.63, 3.8) is 0 Å². The van der Waals surface area contributed by atoms with Crippen molar-refractivity contribution in [2.75, 3.05) is 17.2 Å². The monoisotopic (exact) mass is 451 g/mol. The second-order valence-corrected chi connectivity index (χ2v) is 8.58. The number of benzene rings is 3. The third kappa shape index (κ3) is 4.54. The van der Waals surface area contributed by atoms with E-state index >= 15 is 0 Å². The quantitative estimate of drug-likeness (QED) is 0.434. The highest BCUT2D eigenvalue weighted by molar-refractivity contribution is 6.08. The highest BCUT2D eigenvalue weighted by Gasteiger charge is 2.15. The number of aryl methyl sites for hydroxylation is 2. The Labute approximate surface area is 198 Å². The number of carbonyl (C=O) groups is 2. The molecule has 0 unspecified atom stereocenters. The lowest BCUT2D eigenvalue weighted by molar-refractivity contribution is 0.101. The van der Waals surface area contributed by atoms with Crippen LogP contribution in [0.4, 0.5) is 11.4 Å². The van der Waals surface area contributed by atoms with Crippen molar-refractivity contribution in [2.24, 2.45) is 0 Å². The molecule has 0 bridgehead atoms. The summed E-state index contributed by atoms with van der Waals surface area (Å²) in [6.07, 6.45) is 0.867.